The molecule has 1 aliphatic heterocycles. The molecule has 3 nitrogen and oxygen atoms in total. The van der Waals surface area contributed by atoms with Crippen molar-refractivity contribution in [3.05, 3.63) is 58.9 Å². The van der Waals surface area contributed by atoms with Crippen LogP contribution < -0.4 is 10.1 Å². The molecule has 0 saturated heterocycles. The van der Waals surface area contributed by atoms with Crippen molar-refractivity contribution in [3.8, 4) is 5.75 Å². The number of anilines is 1. The number of halogens is 1. The summed E-state index contributed by atoms with van der Waals surface area (Å²) in [6.07, 6.45) is 4.04. The lowest BCUT2D eigenvalue weighted by atomic mass is 9.65. The van der Waals surface area contributed by atoms with Gasteiger partial charge < -0.3 is 10.1 Å². The number of carbonyl (C=O) groups is 1. The van der Waals surface area contributed by atoms with Crippen LogP contribution in [-0.2, 0) is 10.2 Å². The quantitative estimate of drug-likeness (QED) is 0.758. The maximum atomic E-state index is 14.1. The summed E-state index contributed by atoms with van der Waals surface area (Å²) in [5.74, 6) is 0.728. The van der Waals surface area contributed by atoms with E-state index in [4.69, 9.17) is 4.74 Å². The Hall–Kier alpha value is -2.36. The van der Waals surface area contributed by atoms with E-state index in [1.165, 1.54) is 17.2 Å². The first-order valence-electron chi connectivity index (χ1n) is 10.2. The first-order valence-corrected chi connectivity index (χ1v) is 10.2. The van der Waals surface area contributed by atoms with Crippen molar-refractivity contribution < 1.29 is 13.9 Å². The van der Waals surface area contributed by atoms with E-state index in [1.807, 2.05) is 19.9 Å². The van der Waals surface area contributed by atoms with E-state index in [1.54, 1.807) is 6.07 Å². The third kappa shape index (κ3) is 3.41. The summed E-state index contributed by atoms with van der Waals surface area (Å²) in [7, 11) is 0. The third-order valence-corrected chi connectivity index (χ3v) is 6.70. The van der Waals surface area contributed by atoms with Crippen LogP contribution in [0.4, 0.5) is 10.1 Å². The average molecular weight is 381 g/mol. The van der Waals surface area contributed by atoms with Gasteiger partial charge in [-0.2, -0.15) is 0 Å². The number of carbonyl (C=O) groups excluding carboxylic acids is 1. The highest BCUT2D eigenvalue weighted by molar-refractivity contribution is 5.92. The van der Waals surface area contributed by atoms with E-state index >= 15 is 0 Å². The summed E-state index contributed by atoms with van der Waals surface area (Å²) >= 11 is 0. The zero-order valence-electron chi connectivity index (χ0n) is 16.8. The van der Waals surface area contributed by atoms with Gasteiger partial charge in [0.2, 0.25) is 5.91 Å². The molecule has 28 heavy (non-hydrogen) atoms. The first kappa shape index (κ1) is 19.0. The van der Waals surface area contributed by atoms with E-state index in [-0.39, 0.29) is 28.7 Å². The molecule has 0 bridgehead atoms. The van der Waals surface area contributed by atoms with Gasteiger partial charge in [0, 0.05) is 16.9 Å². The fourth-order valence-corrected chi connectivity index (χ4v) is 4.77. The lowest BCUT2D eigenvalue weighted by molar-refractivity contribution is -0.121. The standard InChI is InChI=1S/C24H28FNO2/c1-15-5-7-21(20(25)12-15)26-23(27)17(3)18-8-10-24(11-9-18)14-28-22-13-16(2)4-6-19(22)24/h4-7,12-13,17-18H,8-11,14H2,1-3H3,(H,26,27)/t17-,18?,24?/m0/s1. The summed E-state index contributed by atoms with van der Waals surface area (Å²) in [6, 6.07) is 11.4. The summed E-state index contributed by atoms with van der Waals surface area (Å²) in [4.78, 5) is 12.7. The molecule has 1 N–H and O–H groups in total. The van der Waals surface area contributed by atoms with Gasteiger partial charge in [-0.05, 0) is 74.8 Å². The van der Waals surface area contributed by atoms with Crippen molar-refractivity contribution in [1.29, 1.82) is 0 Å². The van der Waals surface area contributed by atoms with Gasteiger partial charge in [-0.25, -0.2) is 4.39 Å². The van der Waals surface area contributed by atoms with Crippen molar-refractivity contribution in [2.45, 2.75) is 51.9 Å². The van der Waals surface area contributed by atoms with Crippen molar-refractivity contribution in [1.82, 2.24) is 0 Å². The molecule has 148 valence electrons. The fraction of sp³-hybridized carbons (Fsp3) is 0.458. The van der Waals surface area contributed by atoms with Crippen LogP contribution in [0.5, 0.6) is 5.75 Å². The molecule has 2 aromatic rings. The van der Waals surface area contributed by atoms with Crippen LogP contribution >= 0.6 is 0 Å². The molecule has 1 spiro atoms. The van der Waals surface area contributed by atoms with Crippen molar-refractivity contribution in [3.63, 3.8) is 0 Å². The van der Waals surface area contributed by atoms with Gasteiger partial charge in [0.15, 0.2) is 0 Å². The number of fused-ring (bicyclic) bond motifs is 2. The Morgan fingerprint density at radius 2 is 1.82 bits per heavy atom. The lowest BCUT2D eigenvalue weighted by Gasteiger charge is -2.38. The summed E-state index contributed by atoms with van der Waals surface area (Å²) in [5, 5.41) is 2.78. The fourth-order valence-electron chi connectivity index (χ4n) is 4.77. The predicted molar refractivity (Wildman–Crippen MR) is 109 cm³/mol. The molecular formula is C24H28FNO2. The average Bonchev–Trinajstić information content (AvgIpc) is 3.01. The van der Waals surface area contributed by atoms with Crippen molar-refractivity contribution in [2.75, 3.05) is 11.9 Å². The number of ether oxygens (including phenoxy) is 1. The number of aryl methyl sites for hydroxylation is 2. The molecule has 0 aromatic heterocycles. The zero-order chi connectivity index (χ0) is 19.9. The van der Waals surface area contributed by atoms with Gasteiger partial charge in [-0.1, -0.05) is 25.1 Å². The van der Waals surface area contributed by atoms with E-state index < -0.39 is 0 Å². The van der Waals surface area contributed by atoms with Gasteiger partial charge in [-0.15, -0.1) is 0 Å². The Balaban J connectivity index is 1.41. The van der Waals surface area contributed by atoms with Gasteiger partial charge in [0.1, 0.15) is 11.6 Å². The minimum Gasteiger partial charge on any atom is -0.492 e. The highest BCUT2D eigenvalue weighted by Crippen LogP contribution is 2.50. The number of hydrogen-bond donors (Lipinski definition) is 1. The maximum absolute atomic E-state index is 14.1. The highest BCUT2D eigenvalue weighted by Gasteiger charge is 2.44. The van der Waals surface area contributed by atoms with Crippen molar-refractivity contribution in [2.24, 2.45) is 11.8 Å². The highest BCUT2D eigenvalue weighted by atomic mass is 19.1. The maximum Gasteiger partial charge on any atom is 0.227 e. The summed E-state index contributed by atoms with van der Waals surface area (Å²) in [5.41, 5.74) is 3.76. The summed E-state index contributed by atoms with van der Waals surface area (Å²) < 4.78 is 20.1. The monoisotopic (exact) mass is 381 g/mol. The Morgan fingerprint density at radius 3 is 2.54 bits per heavy atom. The molecule has 1 saturated carbocycles. The number of amides is 1. The molecule has 1 aliphatic carbocycles. The van der Waals surface area contributed by atoms with Crippen LogP contribution in [0.1, 0.15) is 49.3 Å². The molecule has 1 amide bonds. The smallest absolute Gasteiger partial charge is 0.227 e. The molecule has 0 unspecified atom stereocenters. The minimum absolute atomic E-state index is 0.0950. The van der Waals surface area contributed by atoms with Crippen LogP contribution in [0, 0.1) is 31.5 Å². The predicted octanol–water partition coefficient (Wildman–Crippen LogP) is 5.54. The molecule has 4 rings (SSSR count). The summed E-state index contributed by atoms with van der Waals surface area (Å²) in [6.45, 7) is 6.63. The van der Waals surface area contributed by atoms with Crippen LogP contribution in [0.2, 0.25) is 0 Å². The topological polar surface area (TPSA) is 38.3 Å². The van der Waals surface area contributed by atoms with Crippen LogP contribution in [0.25, 0.3) is 0 Å². The Kier molecular flexibility index (Phi) is 4.90. The normalized spacial score (nSPS) is 24.5. The Labute approximate surface area is 166 Å². The van der Waals surface area contributed by atoms with Gasteiger partial charge in [0.05, 0.1) is 12.3 Å². The van der Waals surface area contributed by atoms with Crippen LogP contribution in [0.15, 0.2) is 36.4 Å². The molecule has 1 atom stereocenters. The SMILES string of the molecule is Cc1ccc(NC(=O)[C@@H](C)C2CCC3(CC2)COc2cc(C)ccc23)c(F)c1. The Bertz CT molecular complexity index is 899. The van der Waals surface area contributed by atoms with E-state index in [2.05, 4.69) is 30.4 Å². The molecule has 2 aliphatic rings. The number of hydrogen-bond acceptors (Lipinski definition) is 2. The van der Waals surface area contributed by atoms with E-state index in [0.717, 1.165) is 43.6 Å². The first-order chi connectivity index (χ1) is 13.4. The molecule has 1 fully saturated rings. The molecule has 0 radical (unpaired) electrons. The van der Waals surface area contributed by atoms with Crippen LogP contribution in [0.3, 0.4) is 0 Å². The number of rotatable bonds is 3. The molecule has 1 heterocycles. The molecular weight excluding hydrogens is 353 g/mol. The molecule has 4 heteroatoms. The number of nitrogens with one attached hydrogen (secondary N) is 1. The third-order valence-electron chi connectivity index (χ3n) is 6.70. The van der Waals surface area contributed by atoms with E-state index in [9.17, 15) is 9.18 Å². The van der Waals surface area contributed by atoms with Gasteiger partial charge in [0.25, 0.3) is 0 Å². The minimum atomic E-state index is -0.377. The number of benzene rings is 2. The van der Waals surface area contributed by atoms with Gasteiger partial charge in [-0.3, -0.25) is 4.79 Å². The largest absolute Gasteiger partial charge is 0.492 e. The lowest BCUT2D eigenvalue weighted by Crippen LogP contribution is -2.37. The second-order valence-electron chi connectivity index (χ2n) is 8.67. The van der Waals surface area contributed by atoms with E-state index in [0.29, 0.717) is 5.92 Å². The second kappa shape index (κ2) is 7.23. The van der Waals surface area contributed by atoms with Gasteiger partial charge >= 0.3 is 0 Å². The molecule has 2 aromatic carbocycles. The van der Waals surface area contributed by atoms with Crippen molar-refractivity contribution >= 4 is 11.6 Å². The second-order valence-corrected chi connectivity index (χ2v) is 8.67. The Morgan fingerprint density at radius 1 is 1.14 bits per heavy atom. The van der Waals surface area contributed by atoms with Crippen LogP contribution in [-0.4, -0.2) is 12.5 Å². The zero-order valence-corrected chi connectivity index (χ0v) is 16.8.